The molecule has 3 atom stereocenters. The third-order valence-corrected chi connectivity index (χ3v) is 4.59. The number of carbonyl (C=O) groups excluding carboxylic acids is 3. The standard InChI is InChI=1S/C17H25N5O5/c1-2-3-6-11(13(23)15(25)21-27)16(26)22-10-4-7-12(22)14(24)20-17-18-8-5-9-19-17/h5,8-9,11-13,23,27H,2-4,6-7,10H2,1H3,(H,21,25)(H,18,19,20,24)/t11?,12-,13?/m0/s1. The minimum Gasteiger partial charge on any atom is -0.382 e. The maximum atomic E-state index is 13.0. The molecule has 4 N–H and O–H groups in total. The Bertz CT molecular complexity index is 656. The Kier molecular flexibility index (Phi) is 7.62. The third kappa shape index (κ3) is 5.20. The molecule has 1 aliphatic heterocycles. The van der Waals surface area contributed by atoms with Gasteiger partial charge in [0.15, 0.2) is 0 Å². The average Bonchev–Trinajstić information content (AvgIpc) is 3.18. The highest BCUT2D eigenvalue weighted by Crippen LogP contribution is 2.25. The molecule has 27 heavy (non-hydrogen) atoms. The molecule has 3 amide bonds. The number of aliphatic hydroxyl groups is 1. The van der Waals surface area contributed by atoms with E-state index in [0.29, 0.717) is 25.8 Å². The topological polar surface area (TPSA) is 145 Å². The first-order valence-corrected chi connectivity index (χ1v) is 9.00. The molecule has 1 aromatic rings. The van der Waals surface area contributed by atoms with Gasteiger partial charge in [0.25, 0.3) is 5.91 Å². The van der Waals surface area contributed by atoms with Gasteiger partial charge in [-0.05, 0) is 25.3 Å². The highest BCUT2D eigenvalue weighted by Gasteiger charge is 2.41. The Morgan fingerprint density at radius 2 is 2.04 bits per heavy atom. The van der Waals surface area contributed by atoms with Crippen LogP contribution in [-0.4, -0.2) is 61.6 Å². The van der Waals surface area contributed by atoms with E-state index in [-0.39, 0.29) is 12.4 Å². The van der Waals surface area contributed by atoms with Crippen LogP contribution in [-0.2, 0) is 14.4 Å². The Morgan fingerprint density at radius 1 is 1.33 bits per heavy atom. The Hall–Kier alpha value is -2.59. The summed E-state index contributed by atoms with van der Waals surface area (Å²) in [7, 11) is 0. The predicted octanol–water partition coefficient (Wildman–Crippen LogP) is 0.0788. The van der Waals surface area contributed by atoms with Crippen molar-refractivity contribution >= 4 is 23.7 Å². The van der Waals surface area contributed by atoms with E-state index in [0.717, 1.165) is 6.42 Å². The molecule has 2 unspecified atom stereocenters. The van der Waals surface area contributed by atoms with Gasteiger partial charge in [0.2, 0.25) is 17.8 Å². The molecule has 0 aliphatic carbocycles. The molecule has 0 radical (unpaired) electrons. The van der Waals surface area contributed by atoms with E-state index < -0.39 is 35.8 Å². The van der Waals surface area contributed by atoms with Crippen molar-refractivity contribution in [3.8, 4) is 0 Å². The molecule has 0 saturated carbocycles. The van der Waals surface area contributed by atoms with Crippen molar-refractivity contribution in [3.63, 3.8) is 0 Å². The fourth-order valence-electron chi connectivity index (χ4n) is 3.16. The number of aromatic nitrogens is 2. The molecule has 10 nitrogen and oxygen atoms in total. The number of nitrogens with zero attached hydrogens (tertiary/aromatic N) is 3. The van der Waals surface area contributed by atoms with Crippen LogP contribution < -0.4 is 10.8 Å². The number of carbonyl (C=O) groups is 3. The van der Waals surface area contributed by atoms with Crippen LogP contribution in [0.25, 0.3) is 0 Å². The molecule has 1 aromatic heterocycles. The smallest absolute Gasteiger partial charge is 0.272 e. The van der Waals surface area contributed by atoms with E-state index in [9.17, 15) is 19.5 Å². The fraction of sp³-hybridized carbons (Fsp3) is 0.588. The maximum absolute atomic E-state index is 13.0. The number of amides is 3. The second-order valence-electron chi connectivity index (χ2n) is 6.42. The molecule has 1 aliphatic rings. The van der Waals surface area contributed by atoms with Gasteiger partial charge in [-0.1, -0.05) is 19.8 Å². The molecular formula is C17H25N5O5. The van der Waals surface area contributed by atoms with Gasteiger partial charge >= 0.3 is 0 Å². The summed E-state index contributed by atoms with van der Waals surface area (Å²) in [5.74, 6) is -2.82. The largest absolute Gasteiger partial charge is 0.382 e. The summed E-state index contributed by atoms with van der Waals surface area (Å²) in [4.78, 5) is 46.4. The van der Waals surface area contributed by atoms with Crippen LogP contribution in [0.2, 0.25) is 0 Å². The van der Waals surface area contributed by atoms with Crippen molar-refractivity contribution in [2.75, 3.05) is 11.9 Å². The quantitative estimate of drug-likeness (QED) is 0.370. The van der Waals surface area contributed by atoms with Gasteiger partial charge in [-0.2, -0.15) is 0 Å². The normalized spacial score (nSPS) is 18.6. The zero-order valence-corrected chi connectivity index (χ0v) is 15.2. The second kappa shape index (κ2) is 9.93. The van der Waals surface area contributed by atoms with Crippen LogP contribution in [0.1, 0.15) is 39.0 Å². The van der Waals surface area contributed by atoms with Crippen molar-refractivity contribution in [2.24, 2.45) is 5.92 Å². The highest BCUT2D eigenvalue weighted by molar-refractivity contribution is 5.97. The number of hydroxylamine groups is 1. The number of hydrogen-bond acceptors (Lipinski definition) is 7. The fourth-order valence-corrected chi connectivity index (χ4v) is 3.16. The number of rotatable bonds is 8. The lowest BCUT2D eigenvalue weighted by molar-refractivity contribution is -0.152. The molecule has 10 heteroatoms. The molecule has 0 aromatic carbocycles. The van der Waals surface area contributed by atoms with Crippen molar-refractivity contribution in [3.05, 3.63) is 18.5 Å². The van der Waals surface area contributed by atoms with Crippen LogP contribution in [0.3, 0.4) is 0 Å². The van der Waals surface area contributed by atoms with Gasteiger partial charge in [-0.15, -0.1) is 0 Å². The second-order valence-corrected chi connectivity index (χ2v) is 6.42. The number of anilines is 1. The van der Waals surface area contributed by atoms with Crippen molar-refractivity contribution in [2.45, 2.75) is 51.2 Å². The molecule has 0 bridgehead atoms. The van der Waals surface area contributed by atoms with E-state index in [1.54, 1.807) is 6.07 Å². The number of aliphatic hydroxyl groups excluding tert-OH is 1. The summed E-state index contributed by atoms with van der Waals surface area (Å²) in [5.41, 5.74) is 1.38. The lowest BCUT2D eigenvalue weighted by atomic mass is 9.93. The summed E-state index contributed by atoms with van der Waals surface area (Å²) in [6.45, 7) is 2.27. The first-order valence-electron chi connectivity index (χ1n) is 9.00. The Labute approximate surface area is 156 Å². The molecular weight excluding hydrogens is 354 g/mol. The van der Waals surface area contributed by atoms with Gasteiger partial charge in [0.05, 0.1) is 5.92 Å². The third-order valence-electron chi connectivity index (χ3n) is 4.59. The van der Waals surface area contributed by atoms with Crippen molar-refractivity contribution in [1.82, 2.24) is 20.3 Å². The van der Waals surface area contributed by atoms with Crippen LogP contribution in [0, 0.1) is 5.92 Å². The van der Waals surface area contributed by atoms with Gasteiger partial charge in [0, 0.05) is 18.9 Å². The summed E-state index contributed by atoms with van der Waals surface area (Å²) in [6, 6.07) is 0.891. The molecule has 0 spiro atoms. The van der Waals surface area contributed by atoms with Crippen LogP contribution >= 0.6 is 0 Å². The zero-order valence-electron chi connectivity index (χ0n) is 15.2. The van der Waals surface area contributed by atoms with E-state index in [1.165, 1.54) is 22.8 Å². The van der Waals surface area contributed by atoms with E-state index in [1.807, 2.05) is 6.92 Å². The first kappa shape index (κ1) is 20.7. The summed E-state index contributed by atoms with van der Waals surface area (Å²) in [6.07, 6.45) is 4.05. The SMILES string of the molecule is CCCCC(C(=O)N1CCC[C@H]1C(=O)Nc1ncccn1)C(O)C(=O)NO. The average molecular weight is 379 g/mol. The molecule has 1 fully saturated rings. The van der Waals surface area contributed by atoms with Crippen LogP contribution in [0.5, 0.6) is 0 Å². The highest BCUT2D eigenvalue weighted by atomic mass is 16.5. The minimum absolute atomic E-state index is 0.143. The van der Waals surface area contributed by atoms with Gasteiger partial charge in [0.1, 0.15) is 12.1 Å². The van der Waals surface area contributed by atoms with E-state index in [2.05, 4.69) is 15.3 Å². The van der Waals surface area contributed by atoms with Gasteiger partial charge in [-0.25, -0.2) is 15.4 Å². The minimum atomic E-state index is -1.68. The van der Waals surface area contributed by atoms with Gasteiger partial charge < -0.3 is 10.0 Å². The number of hydrogen-bond donors (Lipinski definition) is 4. The van der Waals surface area contributed by atoms with Crippen LogP contribution in [0.4, 0.5) is 5.95 Å². The van der Waals surface area contributed by atoms with Crippen molar-refractivity contribution < 1.29 is 24.7 Å². The predicted molar refractivity (Wildman–Crippen MR) is 94.3 cm³/mol. The zero-order chi connectivity index (χ0) is 19.8. The maximum Gasteiger partial charge on any atom is 0.272 e. The Balaban J connectivity index is 2.12. The molecule has 2 rings (SSSR count). The lowest BCUT2D eigenvalue weighted by Gasteiger charge is -2.29. The van der Waals surface area contributed by atoms with Crippen LogP contribution in [0.15, 0.2) is 18.5 Å². The monoisotopic (exact) mass is 379 g/mol. The van der Waals surface area contributed by atoms with Crippen molar-refractivity contribution in [1.29, 1.82) is 0 Å². The molecule has 1 saturated heterocycles. The number of unbranched alkanes of at least 4 members (excludes halogenated alkanes) is 1. The summed E-state index contributed by atoms with van der Waals surface area (Å²) < 4.78 is 0. The molecule has 2 heterocycles. The summed E-state index contributed by atoms with van der Waals surface area (Å²) in [5, 5.41) is 21.5. The number of likely N-dealkylation sites (tertiary alicyclic amines) is 1. The Morgan fingerprint density at radius 3 is 2.67 bits per heavy atom. The van der Waals surface area contributed by atoms with E-state index in [4.69, 9.17) is 5.21 Å². The van der Waals surface area contributed by atoms with Gasteiger partial charge in [-0.3, -0.25) is 24.9 Å². The lowest BCUT2D eigenvalue weighted by Crippen LogP contribution is -2.50. The van der Waals surface area contributed by atoms with E-state index >= 15 is 0 Å². The molecule has 148 valence electrons. The first-order chi connectivity index (χ1) is 13.0. The number of nitrogens with one attached hydrogen (secondary N) is 2. The summed E-state index contributed by atoms with van der Waals surface area (Å²) >= 11 is 0.